The Kier molecular flexibility index (Phi) is 3.97. The zero-order chi connectivity index (χ0) is 13.1. The maximum atomic E-state index is 13.8. The number of hydrogen-bond acceptors (Lipinski definition) is 3. The van der Waals surface area contributed by atoms with E-state index in [1.54, 1.807) is 6.07 Å². The number of carbonyl (C=O) groups excluding carboxylic acids is 1. The zero-order valence-electron chi connectivity index (χ0n) is 10.6. The lowest BCUT2D eigenvalue weighted by molar-refractivity contribution is 0.0371. The van der Waals surface area contributed by atoms with Gasteiger partial charge in [-0.15, -0.1) is 0 Å². The van der Waals surface area contributed by atoms with Crippen LogP contribution in [-0.2, 0) is 4.74 Å². The molecule has 3 nitrogen and oxygen atoms in total. The second-order valence-corrected chi connectivity index (χ2v) is 4.42. The molecule has 1 aliphatic carbocycles. The molecule has 1 fully saturated rings. The van der Waals surface area contributed by atoms with Crippen LogP contribution in [-0.4, -0.2) is 25.6 Å². The number of rotatable bonds is 6. The van der Waals surface area contributed by atoms with Crippen molar-refractivity contribution < 1.29 is 18.7 Å². The van der Waals surface area contributed by atoms with E-state index in [-0.39, 0.29) is 17.3 Å². The Hall–Kier alpha value is -1.42. The largest absolute Gasteiger partial charge is 0.497 e. The molecule has 0 bridgehead atoms. The van der Waals surface area contributed by atoms with Crippen LogP contribution in [0.15, 0.2) is 18.2 Å². The molecule has 0 aliphatic heterocycles. The molecule has 4 heteroatoms. The molecule has 1 saturated carbocycles. The molecule has 0 radical (unpaired) electrons. The number of ketones is 1. The van der Waals surface area contributed by atoms with E-state index in [2.05, 4.69) is 0 Å². The van der Waals surface area contributed by atoms with Crippen molar-refractivity contribution in [3.05, 3.63) is 29.6 Å². The molecular weight excluding hydrogens is 235 g/mol. The minimum absolute atomic E-state index is 0.0844. The lowest BCUT2D eigenvalue weighted by atomic mass is 10.0. The average Bonchev–Trinajstić information content (AvgIpc) is 3.19. The van der Waals surface area contributed by atoms with Gasteiger partial charge in [-0.05, 0) is 37.8 Å². The summed E-state index contributed by atoms with van der Waals surface area (Å²) in [4.78, 5) is 12.2. The SMILES string of the molecule is CCOC(C(=O)c1ccc(OC)cc1F)C1CC1. The number of methoxy groups -OCH3 is 1. The second-order valence-electron chi connectivity index (χ2n) is 4.42. The van der Waals surface area contributed by atoms with E-state index in [1.165, 1.54) is 19.2 Å². The Bertz CT molecular complexity index is 441. The van der Waals surface area contributed by atoms with Crippen molar-refractivity contribution in [1.82, 2.24) is 0 Å². The molecule has 0 spiro atoms. The maximum Gasteiger partial charge on any atom is 0.194 e. The van der Waals surface area contributed by atoms with Crippen molar-refractivity contribution in [2.24, 2.45) is 5.92 Å². The summed E-state index contributed by atoms with van der Waals surface area (Å²) in [5, 5.41) is 0. The Labute approximate surface area is 106 Å². The van der Waals surface area contributed by atoms with Crippen LogP contribution in [0.1, 0.15) is 30.1 Å². The van der Waals surface area contributed by atoms with Crippen molar-refractivity contribution in [2.75, 3.05) is 13.7 Å². The van der Waals surface area contributed by atoms with Crippen LogP contribution in [0.2, 0.25) is 0 Å². The van der Waals surface area contributed by atoms with Crippen LogP contribution < -0.4 is 4.74 Å². The normalized spacial score (nSPS) is 16.4. The third-order valence-corrected chi connectivity index (χ3v) is 3.10. The van der Waals surface area contributed by atoms with Crippen molar-refractivity contribution in [3.8, 4) is 5.75 Å². The Morgan fingerprint density at radius 3 is 2.72 bits per heavy atom. The number of ether oxygens (including phenoxy) is 2. The van der Waals surface area contributed by atoms with Crippen molar-refractivity contribution >= 4 is 5.78 Å². The summed E-state index contributed by atoms with van der Waals surface area (Å²) >= 11 is 0. The van der Waals surface area contributed by atoms with Crippen LogP contribution in [0, 0.1) is 11.7 Å². The summed E-state index contributed by atoms with van der Waals surface area (Å²) in [6.45, 7) is 2.30. The van der Waals surface area contributed by atoms with Gasteiger partial charge in [-0.1, -0.05) is 0 Å². The molecule has 0 N–H and O–H groups in total. The Morgan fingerprint density at radius 2 is 2.22 bits per heavy atom. The van der Waals surface area contributed by atoms with Gasteiger partial charge in [0.1, 0.15) is 17.7 Å². The molecule has 1 aromatic carbocycles. The van der Waals surface area contributed by atoms with E-state index < -0.39 is 11.9 Å². The van der Waals surface area contributed by atoms with Crippen molar-refractivity contribution in [1.29, 1.82) is 0 Å². The smallest absolute Gasteiger partial charge is 0.194 e. The lowest BCUT2D eigenvalue weighted by Gasteiger charge is -2.15. The molecule has 1 unspecified atom stereocenters. The minimum atomic E-state index is -0.551. The standard InChI is InChI=1S/C14H17FO3/c1-3-18-14(9-4-5-9)13(16)11-7-6-10(17-2)8-12(11)15/h6-9,14H,3-5H2,1-2H3. The average molecular weight is 252 g/mol. The quantitative estimate of drug-likeness (QED) is 0.730. The fraction of sp³-hybridized carbons (Fsp3) is 0.500. The monoisotopic (exact) mass is 252 g/mol. The Morgan fingerprint density at radius 1 is 1.50 bits per heavy atom. The van der Waals surface area contributed by atoms with Gasteiger partial charge in [0.25, 0.3) is 0 Å². The maximum absolute atomic E-state index is 13.8. The number of halogens is 1. The number of hydrogen-bond donors (Lipinski definition) is 0. The summed E-state index contributed by atoms with van der Waals surface area (Å²) in [6, 6.07) is 4.28. The van der Waals surface area contributed by atoms with E-state index in [4.69, 9.17) is 9.47 Å². The van der Waals surface area contributed by atoms with Gasteiger partial charge in [0, 0.05) is 12.7 Å². The van der Waals surface area contributed by atoms with Gasteiger partial charge in [0.05, 0.1) is 12.7 Å². The molecule has 1 aliphatic rings. The van der Waals surface area contributed by atoms with Crippen molar-refractivity contribution in [2.45, 2.75) is 25.9 Å². The van der Waals surface area contributed by atoms with Crippen LogP contribution in [0.5, 0.6) is 5.75 Å². The second kappa shape index (κ2) is 5.48. The molecule has 0 amide bonds. The molecule has 0 heterocycles. The molecule has 18 heavy (non-hydrogen) atoms. The third kappa shape index (κ3) is 2.70. The van der Waals surface area contributed by atoms with Gasteiger partial charge in [-0.25, -0.2) is 4.39 Å². The van der Waals surface area contributed by atoms with Crippen LogP contribution in [0.25, 0.3) is 0 Å². The van der Waals surface area contributed by atoms with Crippen molar-refractivity contribution in [3.63, 3.8) is 0 Å². The van der Waals surface area contributed by atoms with E-state index in [1.807, 2.05) is 6.92 Å². The molecule has 1 atom stereocenters. The van der Waals surface area contributed by atoms with E-state index in [0.29, 0.717) is 12.4 Å². The fourth-order valence-electron chi connectivity index (χ4n) is 1.98. The highest BCUT2D eigenvalue weighted by Crippen LogP contribution is 2.36. The molecule has 98 valence electrons. The summed E-state index contributed by atoms with van der Waals surface area (Å²) in [5.41, 5.74) is 0.0844. The highest BCUT2D eigenvalue weighted by Gasteiger charge is 2.38. The number of carbonyl (C=O) groups is 1. The predicted octanol–water partition coefficient (Wildman–Crippen LogP) is 2.83. The summed E-state index contributed by atoms with van der Waals surface area (Å²) in [6.07, 6.45) is 1.46. The summed E-state index contributed by atoms with van der Waals surface area (Å²) in [5.74, 6) is -0.161. The first-order chi connectivity index (χ1) is 8.67. The van der Waals surface area contributed by atoms with Gasteiger partial charge >= 0.3 is 0 Å². The summed E-state index contributed by atoms with van der Waals surface area (Å²) < 4.78 is 24.2. The molecule has 2 rings (SSSR count). The summed E-state index contributed by atoms with van der Waals surface area (Å²) in [7, 11) is 1.46. The highest BCUT2D eigenvalue weighted by molar-refractivity contribution is 6.00. The van der Waals surface area contributed by atoms with Gasteiger partial charge in [0.2, 0.25) is 0 Å². The van der Waals surface area contributed by atoms with Gasteiger partial charge < -0.3 is 9.47 Å². The van der Waals surface area contributed by atoms with Gasteiger partial charge in [-0.2, -0.15) is 0 Å². The lowest BCUT2D eigenvalue weighted by Crippen LogP contribution is -2.27. The Balaban J connectivity index is 2.21. The molecule has 0 saturated heterocycles. The van der Waals surface area contributed by atoms with Gasteiger partial charge in [0.15, 0.2) is 5.78 Å². The van der Waals surface area contributed by atoms with Crippen LogP contribution >= 0.6 is 0 Å². The van der Waals surface area contributed by atoms with Crippen LogP contribution in [0.3, 0.4) is 0 Å². The fourth-order valence-corrected chi connectivity index (χ4v) is 1.98. The molecule has 0 aromatic heterocycles. The highest BCUT2D eigenvalue weighted by atomic mass is 19.1. The molecule has 1 aromatic rings. The van der Waals surface area contributed by atoms with E-state index in [0.717, 1.165) is 12.8 Å². The zero-order valence-corrected chi connectivity index (χ0v) is 10.6. The number of benzene rings is 1. The third-order valence-electron chi connectivity index (χ3n) is 3.10. The first-order valence-corrected chi connectivity index (χ1v) is 6.16. The first-order valence-electron chi connectivity index (χ1n) is 6.16. The van der Waals surface area contributed by atoms with E-state index in [9.17, 15) is 9.18 Å². The van der Waals surface area contributed by atoms with Crippen LogP contribution in [0.4, 0.5) is 4.39 Å². The molecular formula is C14H17FO3. The van der Waals surface area contributed by atoms with E-state index >= 15 is 0 Å². The minimum Gasteiger partial charge on any atom is -0.497 e. The van der Waals surface area contributed by atoms with Gasteiger partial charge in [-0.3, -0.25) is 4.79 Å². The first kappa shape index (κ1) is 13.0. The number of Topliss-reactive ketones (excluding diaryl/α,β-unsaturated/α-hetero) is 1. The predicted molar refractivity (Wildman–Crippen MR) is 65.4 cm³/mol. The topological polar surface area (TPSA) is 35.5 Å².